The molecule has 1 aliphatic rings. The highest BCUT2D eigenvalue weighted by Gasteiger charge is 2.39. The number of carboxylic acid groups (broad SMARTS) is 1. The molecule has 3 atom stereocenters. The number of carboxylic acids is 1. The lowest BCUT2D eigenvalue weighted by Gasteiger charge is -2.44. The lowest BCUT2D eigenvalue weighted by Crippen LogP contribution is -2.45. The second-order valence-corrected chi connectivity index (χ2v) is 10.3. The van der Waals surface area contributed by atoms with Crippen LogP contribution in [0.2, 0.25) is 0 Å². The first-order valence-electron chi connectivity index (χ1n) is 12.5. The Balaban J connectivity index is 0.00000507. The van der Waals surface area contributed by atoms with Crippen molar-refractivity contribution in [1.29, 1.82) is 0 Å². The minimum atomic E-state index is -4.48. The standard InChI is InChI=1S/C28H33F6NO2.ClH/c1-18(2)14-15-35(17-19-6-10-22(11-7-19)27(29,30)31)24-5-3-4-21(16-25(36)37)26(24)20-8-12-23(13-9-20)28(32,33)34;/h6-13,18,21,24,26H,3-5,14-17H2,1-2H3,(H,36,37);1H/t21-,24-,26+;/m1./s1. The van der Waals surface area contributed by atoms with E-state index in [-0.39, 0.29) is 36.7 Å². The summed E-state index contributed by atoms with van der Waals surface area (Å²) in [5, 5.41) is 9.55. The third-order valence-corrected chi connectivity index (χ3v) is 7.19. The molecule has 38 heavy (non-hydrogen) atoms. The van der Waals surface area contributed by atoms with Crippen molar-refractivity contribution in [2.45, 2.75) is 76.8 Å². The van der Waals surface area contributed by atoms with E-state index in [9.17, 15) is 36.2 Å². The average molecular weight is 566 g/mol. The van der Waals surface area contributed by atoms with E-state index in [1.807, 2.05) is 0 Å². The third kappa shape index (κ3) is 8.63. The summed E-state index contributed by atoms with van der Waals surface area (Å²) in [5.41, 5.74) is -0.138. The molecule has 0 amide bonds. The van der Waals surface area contributed by atoms with E-state index >= 15 is 0 Å². The summed E-state index contributed by atoms with van der Waals surface area (Å²) in [6.45, 7) is 5.14. The molecular formula is C28H34ClF6NO2. The van der Waals surface area contributed by atoms with Gasteiger partial charge in [-0.15, -0.1) is 12.4 Å². The van der Waals surface area contributed by atoms with Gasteiger partial charge in [-0.3, -0.25) is 9.69 Å². The van der Waals surface area contributed by atoms with E-state index in [1.54, 1.807) is 0 Å². The Hall–Kier alpha value is -2.26. The molecule has 0 radical (unpaired) electrons. The molecule has 0 heterocycles. The molecule has 1 fully saturated rings. The van der Waals surface area contributed by atoms with Gasteiger partial charge in [0.15, 0.2) is 0 Å². The van der Waals surface area contributed by atoms with Crippen molar-refractivity contribution >= 4 is 18.4 Å². The number of hydrogen-bond acceptors (Lipinski definition) is 2. The van der Waals surface area contributed by atoms with Gasteiger partial charge in [0.2, 0.25) is 0 Å². The summed E-state index contributed by atoms with van der Waals surface area (Å²) in [7, 11) is 0. The lowest BCUT2D eigenvalue weighted by molar-refractivity contribution is -0.139. The number of hydrogen-bond donors (Lipinski definition) is 1. The monoisotopic (exact) mass is 565 g/mol. The van der Waals surface area contributed by atoms with Gasteiger partial charge < -0.3 is 5.11 Å². The third-order valence-electron chi connectivity index (χ3n) is 7.19. The lowest BCUT2D eigenvalue weighted by atomic mass is 9.70. The molecule has 3 nitrogen and oxygen atoms in total. The highest BCUT2D eigenvalue weighted by molar-refractivity contribution is 5.85. The second kappa shape index (κ2) is 13.2. The van der Waals surface area contributed by atoms with E-state index in [0.29, 0.717) is 36.6 Å². The Bertz CT molecular complexity index is 1020. The fourth-order valence-corrected chi connectivity index (χ4v) is 5.33. The first kappa shape index (κ1) is 32.0. The number of aliphatic carboxylic acids is 1. The number of benzene rings is 2. The summed E-state index contributed by atoms with van der Waals surface area (Å²) in [5.74, 6) is -1.17. The van der Waals surface area contributed by atoms with Crippen molar-refractivity contribution < 1.29 is 36.2 Å². The maximum absolute atomic E-state index is 13.2. The molecule has 2 aromatic carbocycles. The van der Waals surface area contributed by atoms with Gasteiger partial charge in [0.1, 0.15) is 0 Å². The largest absolute Gasteiger partial charge is 0.481 e. The van der Waals surface area contributed by atoms with Crippen LogP contribution in [0.3, 0.4) is 0 Å². The molecule has 1 aliphatic carbocycles. The molecule has 0 aliphatic heterocycles. The summed E-state index contributed by atoms with van der Waals surface area (Å²) in [4.78, 5) is 13.9. The Morgan fingerprint density at radius 3 is 1.92 bits per heavy atom. The van der Waals surface area contributed by atoms with Gasteiger partial charge >= 0.3 is 18.3 Å². The van der Waals surface area contributed by atoms with Crippen LogP contribution >= 0.6 is 12.4 Å². The second-order valence-electron chi connectivity index (χ2n) is 10.3. The summed E-state index contributed by atoms with van der Waals surface area (Å²) in [6.07, 6.45) is -6.05. The summed E-state index contributed by atoms with van der Waals surface area (Å²) >= 11 is 0. The predicted octanol–water partition coefficient (Wildman–Crippen LogP) is 8.42. The molecule has 0 spiro atoms. The van der Waals surface area contributed by atoms with Gasteiger partial charge in [0.25, 0.3) is 0 Å². The van der Waals surface area contributed by atoms with E-state index < -0.39 is 29.4 Å². The highest BCUT2D eigenvalue weighted by Crippen LogP contribution is 2.43. The SMILES string of the molecule is CC(C)CCN(Cc1ccc(C(F)(F)F)cc1)[C@@H]1CCC[C@H](CC(=O)O)[C@@H]1c1ccc(C(F)(F)F)cc1.Cl. The van der Waals surface area contributed by atoms with Gasteiger partial charge in [-0.2, -0.15) is 26.3 Å². The van der Waals surface area contributed by atoms with Crippen LogP contribution in [0.4, 0.5) is 26.3 Å². The fraction of sp³-hybridized carbons (Fsp3) is 0.536. The zero-order valence-electron chi connectivity index (χ0n) is 21.4. The van der Waals surface area contributed by atoms with Crippen LogP contribution in [0.1, 0.15) is 74.1 Å². The molecule has 212 valence electrons. The topological polar surface area (TPSA) is 40.5 Å². The molecule has 10 heteroatoms. The maximum Gasteiger partial charge on any atom is 0.416 e. The van der Waals surface area contributed by atoms with Crippen LogP contribution in [0.15, 0.2) is 48.5 Å². The number of rotatable bonds is 9. The first-order valence-corrected chi connectivity index (χ1v) is 12.5. The van der Waals surface area contributed by atoms with E-state index in [4.69, 9.17) is 0 Å². The van der Waals surface area contributed by atoms with Crippen molar-refractivity contribution in [2.75, 3.05) is 6.54 Å². The van der Waals surface area contributed by atoms with Crippen LogP contribution < -0.4 is 0 Å². The number of halogens is 7. The number of nitrogens with zero attached hydrogens (tertiary/aromatic N) is 1. The molecule has 0 unspecified atom stereocenters. The Morgan fingerprint density at radius 2 is 1.45 bits per heavy atom. The van der Waals surface area contributed by atoms with E-state index in [1.165, 1.54) is 24.3 Å². The minimum Gasteiger partial charge on any atom is -0.481 e. The van der Waals surface area contributed by atoms with Crippen molar-refractivity contribution in [3.05, 3.63) is 70.8 Å². The fourth-order valence-electron chi connectivity index (χ4n) is 5.33. The molecule has 3 rings (SSSR count). The Morgan fingerprint density at radius 1 is 0.921 bits per heavy atom. The van der Waals surface area contributed by atoms with Crippen molar-refractivity contribution in [1.82, 2.24) is 4.90 Å². The molecule has 1 N–H and O–H groups in total. The van der Waals surface area contributed by atoms with Crippen molar-refractivity contribution in [2.24, 2.45) is 11.8 Å². The molecule has 1 saturated carbocycles. The van der Waals surface area contributed by atoms with Crippen LogP contribution in [-0.2, 0) is 23.7 Å². The van der Waals surface area contributed by atoms with Gasteiger partial charge in [0.05, 0.1) is 11.1 Å². The average Bonchev–Trinajstić information content (AvgIpc) is 2.80. The molecular weight excluding hydrogens is 532 g/mol. The Kier molecular flexibility index (Phi) is 11.1. The highest BCUT2D eigenvalue weighted by atomic mass is 35.5. The van der Waals surface area contributed by atoms with Crippen molar-refractivity contribution in [3.8, 4) is 0 Å². The number of alkyl halides is 6. The van der Waals surface area contributed by atoms with Gasteiger partial charge in [-0.25, -0.2) is 0 Å². The van der Waals surface area contributed by atoms with Crippen LogP contribution in [0.25, 0.3) is 0 Å². The zero-order chi connectivity index (χ0) is 27.4. The van der Waals surface area contributed by atoms with Crippen LogP contribution in [-0.4, -0.2) is 28.6 Å². The summed E-state index contributed by atoms with van der Waals surface area (Å²) < 4.78 is 78.7. The Labute approximate surface area is 225 Å². The minimum absolute atomic E-state index is 0. The summed E-state index contributed by atoms with van der Waals surface area (Å²) in [6, 6.07) is 9.82. The van der Waals surface area contributed by atoms with Crippen molar-refractivity contribution in [3.63, 3.8) is 0 Å². The van der Waals surface area contributed by atoms with E-state index in [2.05, 4.69) is 18.7 Å². The predicted molar refractivity (Wildman–Crippen MR) is 136 cm³/mol. The molecule has 0 bridgehead atoms. The van der Waals surface area contributed by atoms with Crippen LogP contribution in [0, 0.1) is 11.8 Å². The quantitative estimate of drug-likeness (QED) is 0.310. The van der Waals surface area contributed by atoms with Gasteiger partial charge in [-0.05, 0) is 73.0 Å². The normalized spacial score (nSPS) is 20.4. The first-order chi connectivity index (χ1) is 17.3. The van der Waals surface area contributed by atoms with Crippen LogP contribution in [0.5, 0.6) is 0 Å². The molecule has 2 aromatic rings. The van der Waals surface area contributed by atoms with E-state index in [0.717, 1.165) is 43.5 Å². The maximum atomic E-state index is 13.2. The number of carbonyl (C=O) groups is 1. The van der Waals surface area contributed by atoms with Gasteiger partial charge in [-0.1, -0.05) is 44.5 Å². The van der Waals surface area contributed by atoms with Gasteiger partial charge in [0, 0.05) is 24.9 Å². The molecule has 0 aromatic heterocycles. The smallest absolute Gasteiger partial charge is 0.416 e. The zero-order valence-corrected chi connectivity index (χ0v) is 22.2. The molecule has 0 saturated heterocycles.